The molecule has 1 fully saturated rings. The molecule has 6 nitrogen and oxygen atoms in total. The molecular formula is C19H33N5OS. The zero-order chi connectivity index (χ0) is 19.1. The summed E-state index contributed by atoms with van der Waals surface area (Å²) in [6.07, 6.45) is 0.963. The quantitative estimate of drug-likeness (QED) is 0.563. The smallest absolute Gasteiger partial charge is 0.225 e. The number of amides is 1. The van der Waals surface area contributed by atoms with Gasteiger partial charge in [-0.05, 0) is 38.9 Å². The summed E-state index contributed by atoms with van der Waals surface area (Å²) in [5, 5.41) is 8.96. The van der Waals surface area contributed by atoms with E-state index in [1.807, 2.05) is 18.7 Å². The Labute approximate surface area is 161 Å². The van der Waals surface area contributed by atoms with E-state index in [1.54, 1.807) is 11.3 Å². The van der Waals surface area contributed by atoms with Crippen LogP contribution < -0.4 is 10.6 Å². The number of hydrogen-bond donors (Lipinski definition) is 2. The highest BCUT2D eigenvalue weighted by atomic mass is 32.1. The predicted molar refractivity (Wildman–Crippen MR) is 110 cm³/mol. The molecule has 1 aromatic heterocycles. The Kier molecular flexibility index (Phi) is 7.90. The Hall–Kier alpha value is -1.60. The molecule has 0 aliphatic carbocycles. The highest BCUT2D eigenvalue weighted by Gasteiger charge is 2.28. The van der Waals surface area contributed by atoms with E-state index < -0.39 is 0 Å². The van der Waals surface area contributed by atoms with E-state index in [9.17, 15) is 4.79 Å². The van der Waals surface area contributed by atoms with Gasteiger partial charge in [0.05, 0.1) is 12.6 Å². The maximum atomic E-state index is 12.2. The summed E-state index contributed by atoms with van der Waals surface area (Å²) >= 11 is 1.77. The zero-order valence-electron chi connectivity index (χ0n) is 16.7. The largest absolute Gasteiger partial charge is 0.357 e. The van der Waals surface area contributed by atoms with Gasteiger partial charge in [0.15, 0.2) is 5.96 Å². The molecule has 146 valence electrons. The van der Waals surface area contributed by atoms with E-state index in [0.29, 0.717) is 6.54 Å². The molecule has 1 amide bonds. The molecule has 2 unspecified atom stereocenters. The number of nitrogens with one attached hydrogen (secondary N) is 2. The van der Waals surface area contributed by atoms with Gasteiger partial charge in [-0.25, -0.2) is 0 Å². The maximum Gasteiger partial charge on any atom is 0.225 e. The van der Waals surface area contributed by atoms with E-state index in [2.05, 4.69) is 54.1 Å². The fourth-order valence-corrected chi connectivity index (χ4v) is 4.04. The van der Waals surface area contributed by atoms with Crippen LogP contribution in [0.4, 0.5) is 0 Å². The number of nitrogens with zero attached hydrogens (tertiary/aromatic N) is 3. The number of thiophene rings is 1. The van der Waals surface area contributed by atoms with Gasteiger partial charge in [0.25, 0.3) is 0 Å². The van der Waals surface area contributed by atoms with Crippen molar-refractivity contribution in [1.29, 1.82) is 0 Å². The van der Waals surface area contributed by atoms with Crippen molar-refractivity contribution in [2.24, 2.45) is 10.9 Å². The number of likely N-dealkylation sites (N-methyl/N-ethyl adjacent to an activating group) is 1. The van der Waals surface area contributed by atoms with Crippen LogP contribution >= 0.6 is 11.3 Å². The molecule has 0 aromatic carbocycles. The first-order valence-corrected chi connectivity index (χ1v) is 10.3. The third kappa shape index (κ3) is 5.71. The lowest BCUT2D eigenvalue weighted by Crippen LogP contribution is -2.45. The SMILES string of the molecule is CCNC(=NCC(c1cccs1)N(C)C)NC1CCN(C(=O)C(C)C)C1. The molecule has 7 heteroatoms. The molecule has 1 aliphatic heterocycles. The van der Waals surface area contributed by atoms with Gasteiger partial charge in [-0.15, -0.1) is 11.3 Å². The fourth-order valence-electron chi connectivity index (χ4n) is 3.12. The van der Waals surface area contributed by atoms with Crippen LogP contribution in [0.2, 0.25) is 0 Å². The number of guanidine groups is 1. The van der Waals surface area contributed by atoms with Crippen LogP contribution in [0.1, 0.15) is 38.1 Å². The normalized spacial score (nSPS) is 19.3. The van der Waals surface area contributed by atoms with Crippen LogP contribution in [-0.2, 0) is 4.79 Å². The second-order valence-electron chi connectivity index (χ2n) is 7.28. The average molecular weight is 380 g/mol. The molecule has 1 saturated heterocycles. The standard InChI is InChI=1S/C19H33N5OS/c1-6-20-19(21-12-16(23(4)5)17-8-7-11-26-17)22-15-9-10-24(13-15)18(25)14(2)3/h7-8,11,14-16H,6,9-10,12-13H2,1-5H3,(H2,20,21,22). The third-order valence-corrected chi connectivity index (χ3v) is 5.57. The summed E-state index contributed by atoms with van der Waals surface area (Å²) in [4.78, 5) is 22.5. The second kappa shape index (κ2) is 9.92. The minimum atomic E-state index is 0.0577. The first kappa shape index (κ1) is 20.7. The predicted octanol–water partition coefficient (Wildman–Crippen LogP) is 2.16. The van der Waals surface area contributed by atoms with Gasteiger partial charge < -0.3 is 20.4 Å². The van der Waals surface area contributed by atoms with E-state index >= 15 is 0 Å². The number of likely N-dealkylation sites (tertiary alicyclic amines) is 1. The van der Waals surface area contributed by atoms with E-state index in [4.69, 9.17) is 4.99 Å². The zero-order valence-corrected chi connectivity index (χ0v) is 17.5. The van der Waals surface area contributed by atoms with Gasteiger partial charge in [0.2, 0.25) is 5.91 Å². The molecule has 0 radical (unpaired) electrons. The van der Waals surface area contributed by atoms with Crippen LogP contribution in [-0.4, -0.2) is 68.0 Å². The highest BCUT2D eigenvalue weighted by Crippen LogP contribution is 2.23. The fraction of sp³-hybridized carbons (Fsp3) is 0.684. The van der Waals surface area contributed by atoms with Crippen molar-refractivity contribution in [2.45, 2.75) is 39.3 Å². The topological polar surface area (TPSA) is 60.0 Å². The van der Waals surface area contributed by atoms with Crippen LogP contribution in [0.25, 0.3) is 0 Å². The Morgan fingerprint density at radius 2 is 2.23 bits per heavy atom. The minimum Gasteiger partial charge on any atom is -0.357 e. The molecule has 0 saturated carbocycles. The minimum absolute atomic E-state index is 0.0577. The van der Waals surface area contributed by atoms with Crippen molar-refractivity contribution in [1.82, 2.24) is 20.4 Å². The lowest BCUT2D eigenvalue weighted by atomic mass is 10.2. The van der Waals surface area contributed by atoms with Crippen molar-refractivity contribution < 1.29 is 4.79 Å². The number of aliphatic imine (C=N–C) groups is 1. The summed E-state index contributed by atoms with van der Waals surface area (Å²) < 4.78 is 0. The van der Waals surface area contributed by atoms with Gasteiger partial charge in [0.1, 0.15) is 0 Å². The van der Waals surface area contributed by atoms with Crippen LogP contribution in [0.5, 0.6) is 0 Å². The van der Waals surface area contributed by atoms with Crippen LogP contribution in [0.15, 0.2) is 22.5 Å². The molecule has 0 spiro atoms. The lowest BCUT2D eigenvalue weighted by Gasteiger charge is -2.23. The molecule has 0 bridgehead atoms. The number of hydrogen-bond acceptors (Lipinski definition) is 4. The van der Waals surface area contributed by atoms with Gasteiger partial charge in [-0.2, -0.15) is 0 Å². The molecule has 2 atom stereocenters. The highest BCUT2D eigenvalue weighted by molar-refractivity contribution is 7.10. The van der Waals surface area contributed by atoms with Crippen molar-refractivity contribution in [2.75, 3.05) is 40.3 Å². The van der Waals surface area contributed by atoms with Crippen molar-refractivity contribution in [3.8, 4) is 0 Å². The average Bonchev–Trinajstić information content (AvgIpc) is 3.26. The van der Waals surface area contributed by atoms with Crippen LogP contribution in [0.3, 0.4) is 0 Å². The van der Waals surface area contributed by atoms with Crippen molar-refractivity contribution in [3.63, 3.8) is 0 Å². The summed E-state index contributed by atoms with van der Waals surface area (Å²) in [5.74, 6) is 1.13. The molecule has 1 aliphatic rings. The third-order valence-electron chi connectivity index (χ3n) is 4.60. The second-order valence-corrected chi connectivity index (χ2v) is 8.26. The Bertz CT molecular complexity index is 585. The van der Waals surface area contributed by atoms with Gasteiger partial charge in [-0.1, -0.05) is 19.9 Å². The monoisotopic (exact) mass is 379 g/mol. The summed E-state index contributed by atoms with van der Waals surface area (Å²) in [6.45, 7) is 9.08. The lowest BCUT2D eigenvalue weighted by molar-refractivity contribution is -0.133. The number of carbonyl (C=O) groups excluding carboxylic acids is 1. The molecule has 2 heterocycles. The van der Waals surface area contributed by atoms with Crippen molar-refractivity contribution in [3.05, 3.63) is 22.4 Å². The van der Waals surface area contributed by atoms with E-state index in [1.165, 1.54) is 4.88 Å². The Morgan fingerprint density at radius 1 is 1.46 bits per heavy atom. The summed E-state index contributed by atoms with van der Waals surface area (Å²) in [6, 6.07) is 4.78. The first-order valence-electron chi connectivity index (χ1n) is 9.45. The summed E-state index contributed by atoms with van der Waals surface area (Å²) in [5.41, 5.74) is 0. The number of rotatable bonds is 7. The maximum absolute atomic E-state index is 12.2. The van der Waals surface area contributed by atoms with E-state index in [-0.39, 0.29) is 23.9 Å². The Morgan fingerprint density at radius 3 is 2.81 bits per heavy atom. The molecule has 2 rings (SSSR count). The molecule has 1 aromatic rings. The molecular weight excluding hydrogens is 346 g/mol. The van der Waals surface area contributed by atoms with Crippen LogP contribution in [0, 0.1) is 5.92 Å². The Balaban J connectivity index is 1.97. The first-order chi connectivity index (χ1) is 12.4. The number of carbonyl (C=O) groups is 1. The molecule has 2 N–H and O–H groups in total. The molecule has 26 heavy (non-hydrogen) atoms. The van der Waals surface area contributed by atoms with E-state index in [0.717, 1.165) is 32.0 Å². The van der Waals surface area contributed by atoms with Gasteiger partial charge in [-0.3, -0.25) is 9.79 Å². The summed E-state index contributed by atoms with van der Waals surface area (Å²) in [7, 11) is 4.18. The van der Waals surface area contributed by atoms with Crippen molar-refractivity contribution >= 4 is 23.2 Å². The van der Waals surface area contributed by atoms with Gasteiger partial charge >= 0.3 is 0 Å². The van der Waals surface area contributed by atoms with Gasteiger partial charge in [0, 0.05) is 36.5 Å².